The second-order valence-corrected chi connectivity index (χ2v) is 7.16. The number of nitrogen functional groups attached to an aromatic ring is 1. The number of benzene rings is 1. The Morgan fingerprint density at radius 3 is 2.50 bits per heavy atom. The molecule has 126 valence electrons. The number of hydrogen-bond acceptors (Lipinski definition) is 4. The van der Waals surface area contributed by atoms with Crippen LogP contribution in [0, 0.1) is 6.92 Å². The number of thiophene rings is 1. The van der Waals surface area contributed by atoms with E-state index in [-0.39, 0.29) is 23.8 Å². The number of amides is 2. The molecule has 2 amide bonds. The monoisotopic (exact) mass is 343 g/mol. The Hall–Kier alpha value is -2.34. The minimum Gasteiger partial charge on any atom is -0.397 e. The smallest absolute Gasteiger partial charge is 0.266 e. The Morgan fingerprint density at radius 2 is 1.92 bits per heavy atom. The third kappa shape index (κ3) is 3.28. The van der Waals surface area contributed by atoms with E-state index in [2.05, 4.69) is 29.6 Å². The van der Waals surface area contributed by atoms with Crippen molar-refractivity contribution in [2.24, 2.45) is 0 Å². The van der Waals surface area contributed by atoms with Crippen LogP contribution in [0.25, 0.3) is 0 Å². The van der Waals surface area contributed by atoms with Crippen molar-refractivity contribution in [3.05, 3.63) is 51.7 Å². The van der Waals surface area contributed by atoms with Crippen LogP contribution in [0.5, 0.6) is 0 Å². The van der Waals surface area contributed by atoms with Gasteiger partial charge in [-0.25, -0.2) is 0 Å². The second-order valence-electron chi connectivity index (χ2n) is 6.24. The minimum atomic E-state index is -0.0876. The van der Waals surface area contributed by atoms with Crippen LogP contribution in [0.15, 0.2) is 35.7 Å². The molecule has 1 aromatic carbocycles. The van der Waals surface area contributed by atoms with Crippen LogP contribution in [0.3, 0.4) is 0 Å². The van der Waals surface area contributed by atoms with Gasteiger partial charge in [-0.2, -0.15) is 0 Å². The molecule has 0 spiro atoms. The SMILES string of the molecule is CC(=O)NC1CN(C(=O)c2sccc2N)CC1c1ccc(C)cc1. The Labute approximate surface area is 145 Å². The zero-order valence-electron chi connectivity index (χ0n) is 13.8. The summed E-state index contributed by atoms with van der Waals surface area (Å²) in [6.45, 7) is 4.62. The number of nitrogens with one attached hydrogen (secondary N) is 1. The van der Waals surface area contributed by atoms with E-state index in [1.165, 1.54) is 23.8 Å². The van der Waals surface area contributed by atoms with E-state index in [0.29, 0.717) is 23.7 Å². The average molecular weight is 343 g/mol. The van der Waals surface area contributed by atoms with Crippen LogP contribution in [0.4, 0.5) is 5.69 Å². The fourth-order valence-electron chi connectivity index (χ4n) is 3.16. The van der Waals surface area contributed by atoms with E-state index in [0.717, 1.165) is 5.56 Å². The molecule has 1 aromatic heterocycles. The zero-order valence-corrected chi connectivity index (χ0v) is 14.6. The number of rotatable bonds is 3. The van der Waals surface area contributed by atoms with Crippen molar-refractivity contribution in [1.29, 1.82) is 0 Å². The van der Waals surface area contributed by atoms with Crippen LogP contribution in [0.2, 0.25) is 0 Å². The summed E-state index contributed by atoms with van der Waals surface area (Å²) in [4.78, 5) is 26.6. The highest BCUT2D eigenvalue weighted by Crippen LogP contribution is 2.31. The van der Waals surface area contributed by atoms with Gasteiger partial charge in [0.2, 0.25) is 5.91 Å². The molecular weight excluding hydrogens is 322 g/mol. The Balaban J connectivity index is 1.85. The van der Waals surface area contributed by atoms with Gasteiger partial charge in [0.15, 0.2) is 0 Å². The highest BCUT2D eigenvalue weighted by Gasteiger charge is 2.37. The summed E-state index contributed by atoms with van der Waals surface area (Å²) in [7, 11) is 0. The lowest BCUT2D eigenvalue weighted by Crippen LogP contribution is -2.39. The average Bonchev–Trinajstić information content (AvgIpc) is 3.13. The fourth-order valence-corrected chi connectivity index (χ4v) is 3.95. The number of hydrogen-bond donors (Lipinski definition) is 2. The molecule has 1 fully saturated rings. The van der Waals surface area contributed by atoms with Crippen molar-refractivity contribution in [2.45, 2.75) is 25.8 Å². The van der Waals surface area contributed by atoms with Gasteiger partial charge < -0.3 is 16.0 Å². The van der Waals surface area contributed by atoms with Gasteiger partial charge in [-0.1, -0.05) is 29.8 Å². The number of aryl methyl sites for hydroxylation is 1. The van der Waals surface area contributed by atoms with Crippen molar-refractivity contribution in [2.75, 3.05) is 18.8 Å². The van der Waals surface area contributed by atoms with Crippen LogP contribution in [0.1, 0.15) is 33.6 Å². The van der Waals surface area contributed by atoms with Gasteiger partial charge in [-0.05, 0) is 23.9 Å². The molecule has 0 bridgehead atoms. The van der Waals surface area contributed by atoms with Gasteiger partial charge in [-0.15, -0.1) is 11.3 Å². The second kappa shape index (κ2) is 6.65. The van der Waals surface area contributed by atoms with Crippen LogP contribution >= 0.6 is 11.3 Å². The lowest BCUT2D eigenvalue weighted by atomic mass is 9.93. The number of carbonyl (C=O) groups excluding carboxylic acids is 2. The van der Waals surface area contributed by atoms with E-state index >= 15 is 0 Å². The zero-order chi connectivity index (χ0) is 17.3. The van der Waals surface area contributed by atoms with Gasteiger partial charge in [0.05, 0.1) is 11.7 Å². The van der Waals surface area contributed by atoms with Crippen LogP contribution in [-0.2, 0) is 4.79 Å². The standard InChI is InChI=1S/C18H21N3O2S/c1-11-3-5-13(6-4-11)14-9-21(10-16(14)20-12(2)22)18(23)17-15(19)7-8-24-17/h3-8,14,16H,9-10,19H2,1-2H3,(H,20,22). The van der Waals surface area contributed by atoms with Gasteiger partial charge in [-0.3, -0.25) is 9.59 Å². The summed E-state index contributed by atoms with van der Waals surface area (Å²) in [5.41, 5.74) is 8.71. The minimum absolute atomic E-state index is 0.0625. The largest absolute Gasteiger partial charge is 0.397 e. The molecule has 6 heteroatoms. The molecule has 5 nitrogen and oxygen atoms in total. The fraction of sp³-hybridized carbons (Fsp3) is 0.333. The number of anilines is 1. The third-order valence-electron chi connectivity index (χ3n) is 4.39. The molecule has 2 aromatic rings. The summed E-state index contributed by atoms with van der Waals surface area (Å²) in [5.74, 6) is -0.0610. The molecule has 3 N–H and O–H groups in total. The highest BCUT2D eigenvalue weighted by molar-refractivity contribution is 7.12. The maximum Gasteiger partial charge on any atom is 0.266 e. The Morgan fingerprint density at radius 1 is 1.21 bits per heavy atom. The molecule has 3 rings (SSSR count). The summed E-state index contributed by atoms with van der Waals surface area (Å²) in [5, 5.41) is 4.81. The quantitative estimate of drug-likeness (QED) is 0.898. The van der Waals surface area contributed by atoms with E-state index in [9.17, 15) is 9.59 Å². The van der Waals surface area contributed by atoms with Crippen molar-refractivity contribution in [3.63, 3.8) is 0 Å². The maximum absolute atomic E-state index is 12.7. The van der Waals surface area contributed by atoms with Gasteiger partial charge in [0, 0.05) is 25.9 Å². The van der Waals surface area contributed by atoms with Crippen LogP contribution in [-0.4, -0.2) is 35.8 Å². The molecule has 2 unspecified atom stereocenters. The Bertz CT molecular complexity index is 754. The topological polar surface area (TPSA) is 75.4 Å². The summed E-state index contributed by atoms with van der Waals surface area (Å²) in [6.07, 6.45) is 0. The molecule has 1 aliphatic rings. The molecular formula is C18H21N3O2S. The number of likely N-dealkylation sites (tertiary alicyclic amines) is 1. The Kier molecular flexibility index (Phi) is 4.57. The molecule has 2 atom stereocenters. The summed E-state index contributed by atoms with van der Waals surface area (Å²) >= 11 is 1.36. The van der Waals surface area contributed by atoms with E-state index < -0.39 is 0 Å². The normalized spacial score (nSPS) is 20.2. The number of nitrogens with two attached hydrogens (primary N) is 1. The third-order valence-corrected chi connectivity index (χ3v) is 5.31. The maximum atomic E-state index is 12.7. The van der Waals surface area contributed by atoms with Crippen molar-refractivity contribution >= 4 is 28.8 Å². The first-order chi connectivity index (χ1) is 11.5. The molecule has 0 saturated carbocycles. The van der Waals surface area contributed by atoms with Crippen molar-refractivity contribution in [1.82, 2.24) is 10.2 Å². The van der Waals surface area contributed by atoms with Crippen molar-refractivity contribution < 1.29 is 9.59 Å². The lowest BCUT2D eigenvalue weighted by Gasteiger charge is -2.19. The predicted octanol–water partition coefficient (Wildman–Crippen LogP) is 2.38. The first-order valence-electron chi connectivity index (χ1n) is 7.91. The van der Waals surface area contributed by atoms with E-state index in [1.54, 1.807) is 11.0 Å². The molecule has 2 heterocycles. The van der Waals surface area contributed by atoms with Gasteiger partial charge in [0.25, 0.3) is 5.91 Å². The van der Waals surface area contributed by atoms with Crippen LogP contribution < -0.4 is 11.1 Å². The molecule has 0 radical (unpaired) electrons. The van der Waals surface area contributed by atoms with Crippen molar-refractivity contribution in [3.8, 4) is 0 Å². The summed E-state index contributed by atoms with van der Waals surface area (Å²) in [6, 6.07) is 9.92. The first kappa shape index (κ1) is 16.5. The van der Waals surface area contributed by atoms with Gasteiger partial charge in [0.1, 0.15) is 4.88 Å². The van der Waals surface area contributed by atoms with E-state index in [4.69, 9.17) is 5.73 Å². The van der Waals surface area contributed by atoms with E-state index in [1.807, 2.05) is 12.3 Å². The molecule has 1 aliphatic heterocycles. The van der Waals surface area contributed by atoms with Gasteiger partial charge >= 0.3 is 0 Å². The highest BCUT2D eigenvalue weighted by atomic mass is 32.1. The molecule has 0 aliphatic carbocycles. The predicted molar refractivity (Wildman–Crippen MR) is 96.2 cm³/mol. The number of carbonyl (C=O) groups is 2. The molecule has 1 saturated heterocycles. The lowest BCUT2D eigenvalue weighted by molar-refractivity contribution is -0.119. The number of nitrogens with zero attached hydrogens (tertiary/aromatic N) is 1. The molecule has 24 heavy (non-hydrogen) atoms. The summed E-state index contributed by atoms with van der Waals surface area (Å²) < 4.78 is 0. The first-order valence-corrected chi connectivity index (χ1v) is 8.79.